The average Bonchev–Trinajstić information content (AvgIpc) is 2.83. The molecule has 166 valence electrons. The van der Waals surface area contributed by atoms with E-state index in [1.54, 1.807) is 6.07 Å². The molecule has 2 N–H and O–H groups in total. The lowest BCUT2D eigenvalue weighted by molar-refractivity contribution is -0.122. The van der Waals surface area contributed by atoms with E-state index in [1.165, 1.54) is 12.1 Å². The molecule has 0 unspecified atom stereocenters. The maximum absolute atomic E-state index is 13.1. The van der Waals surface area contributed by atoms with Gasteiger partial charge in [-0.15, -0.1) is 0 Å². The number of hydrogen-bond acceptors (Lipinski definition) is 5. The largest absolute Gasteiger partial charge is 0.486 e. The third kappa shape index (κ3) is 5.46. The van der Waals surface area contributed by atoms with Crippen LogP contribution in [0.2, 0.25) is 0 Å². The predicted octanol–water partition coefficient (Wildman–Crippen LogP) is 2.66. The maximum Gasteiger partial charge on any atom is 0.241 e. The third-order valence-corrected chi connectivity index (χ3v) is 6.50. The smallest absolute Gasteiger partial charge is 0.241 e. The minimum atomic E-state index is -3.99. The molecule has 0 saturated carbocycles. The average molecular weight is 453 g/mol. The summed E-state index contributed by atoms with van der Waals surface area (Å²) in [5, 5.41) is 2.83. The van der Waals surface area contributed by atoms with E-state index >= 15 is 0 Å². The molecule has 4 rings (SSSR count). The predicted molar refractivity (Wildman–Crippen MR) is 120 cm³/mol. The Hall–Kier alpha value is -3.36. The number of ether oxygens (including phenoxy) is 2. The molecular formula is C24H24N2O5S. The fourth-order valence-electron chi connectivity index (χ4n) is 3.39. The minimum absolute atomic E-state index is 0.00988. The second-order valence-electron chi connectivity index (χ2n) is 7.37. The van der Waals surface area contributed by atoms with Crippen LogP contribution in [-0.4, -0.2) is 33.6 Å². The van der Waals surface area contributed by atoms with E-state index in [2.05, 4.69) is 10.0 Å². The molecule has 0 saturated heterocycles. The molecule has 0 bridgehead atoms. The third-order valence-electron chi connectivity index (χ3n) is 5.03. The topological polar surface area (TPSA) is 93.7 Å². The van der Waals surface area contributed by atoms with Crippen LogP contribution in [-0.2, 0) is 27.8 Å². The Labute approximate surface area is 187 Å². The van der Waals surface area contributed by atoms with Gasteiger partial charge in [-0.25, -0.2) is 8.42 Å². The minimum Gasteiger partial charge on any atom is -0.486 e. The quantitative estimate of drug-likeness (QED) is 0.548. The van der Waals surface area contributed by atoms with Gasteiger partial charge in [-0.1, -0.05) is 60.7 Å². The number of hydrogen-bond donors (Lipinski definition) is 2. The first-order chi connectivity index (χ1) is 15.5. The SMILES string of the molecule is O=C(NCc1ccccc1)[C@H](Cc1ccccc1)NS(=O)(=O)c1ccc2c(c1)OCCO2. The number of nitrogens with one attached hydrogen (secondary N) is 2. The molecule has 0 aromatic heterocycles. The van der Waals surface area contributed by atoms with Crippen molar-refractivity contribution in [1.82, 2.24) is 10.0 Å². The first-order valence-electron chi connectivity index (χ1n) is 10.3. The van der Waals surface area contributed by atoms with Gasteiger partial charge in [0.15, 0.2) is 11.5 Å². The molecular weight excluding hydrogens is 428 g/mol. The van der Waals surface area contributed by atoms with Crippen molar-refractivity contribution < 1.29 is 22.7 Å². The Balaban J connectivity index is 1.54. The first-order valence-corrected chi connectivity index (χ1v) is 11.8. The van der Waals surface area contributed by atoms with Crippen LogP contribution in [0.1, 0.15) is 11.1 Å². The molecule has 0 fully saturated rings. The highest BCUT2D eigenvalue weighted by atomic mass is 32.2. The highest BCUT2D eigenvalue weighted by Gasteiger charge is 2.27. The summed E-state index contributed by atoms with van der Waals surface area (Å²) in [5.74, 6) is 0.461. The highest BCUT2D eigenvalue weighted by molar-refractivity contribution is 7.89. The second-order valence-corrected chi connectivity index (χ2v) is 9.09. The molecule has 1 aliphatic rings. The van der Waals surface area contributed by atoms with E-state index in [0.29, 0.717) is 31.3 Å². The van der Waals surface area contributed by atoms with E-state index in [-0.39, 0.29) is 11.3 Å². The van der Waals surface area contributed by atoms with Crippen molar-refractivity contribution in [1.29, 1.82) is 0 Å². The summed E-state index contributed by atoms with van der Waals surface area (Å²) in [6.07, 6.45) is 0.214. The molecule has 0 radical (unpaired) electrons. The highest BCUT2D eigenvalue weighted by Crippen LogP contribution is 2.32. The molecule has 3 aromatic carbocycles. The van der Waals surface area contributed by atoms with E-state index in [0.717, 1.165) is 11.1 Å². The molecule has 1 aliphatic heterocycles. The van der Waals surface area contributed by atoms with Crippen LogP contribution >= 0.6 is 0 Å². The summed E-state index contributed by atoms with van der Waals surface area (Å²) in [5.41, 5.74) is 1.77. The summed E-state index contributed by atoms with van der Waals surface area (Å²) in [6.45, 7) is 1.07. The fraction of sp³-hybridized carbons (Fsp3) is 0.208. The van der Waals surface area contributed by atoms with Crippen molar-refractivity contribution in [3.05, 3.63) is 90.0 Å². The molecule has 8 heteroatoms. The lowest BCUT2D eigenvalue weighted by Gasteiger charge is -2.21. The lowest BCUT2D eigenvalue weighted by Crippen LogP contribution is -2.47. The van der Waals surface area contributed by atoms with Crippen LogP contribution in [0.5, 0.6) is 11.5 Å². The van der Waals surface area contributed by atoms with E-state index in [4.69, 9.17) is 9.47 Å². The van der Waals surface area contributed by atoms with Gasteiger partial charge >= 0.3 is 0 Å². The Morgan fingerprint density at radius 3 is 2.16 bits per heavy atom. The van der Waals surface area contributed by atoms with Crippen molar-refractivity contribution in [2.24, 2.45) is 0 Å². The van der Waals surface area contributed by atoms with Crippen molar-refractivity contribution in [3.63, 3.8) is 0 Å². The number of carbonyl (C=O) groups is 1. The van der Waals surface area contributed by atoms with Gasteiger partial charge in [0.2, 0.25) is 15.9 Å². The van der Waals surface area contributed by atoms with Crippen LogP contribution in [0.4, 0.5) is 0 Å². The Morgan fingerprint density at radius 1 is 0.844 bits per heavy atom. The summed E-state index contributed by atoms with van der Waals surface area (Å²) in [6, 6.07) is 22.2. The molecule has 1 heterocycles. The fourth-order valence-corrected chi connectivity index (χ4v) is 4.60. The molecule has 0 spiro atoms. The van der Waals surface area contributed by atoms with Gasteiger partial charge in [-0.2, -0.15) is 4.72 Å². The number of sulfonamides is 1. The molecule has 1 amide bonds. The first kappa shape index (κ1) is 21.9. The summed E-state index contributed by atoms with van der Waals surface area (Å²) in [4.78, 5) is 13.0. The normalized spacial score (nSPS) is 13.9. The second kappa shape index (κ2) is 9.84. The van der Waals surface area contributed by atoms with Gasteiger partial charge in [0, 0.05) is 12.6 Å². The van der Waals surface area contributed by atoms with Crippen LogP contribution in [0, 0.1) is 0 Å². The van der Waals surface area contributed by atoms with Gasteiger partial charge in [0.1, 0.15) is 19.3 Å². The molecule has 32 heavy (non-hydrogen) atoms. The van der Waals surface area contributed by atoms with Gasteiger partial charge < -0.3 is 14.8 Å². The van der Waals surface area contributed by atoms with E-state index in [9.17, 15) is 13.2 Å². The van der Waals surface area contributed by atoms with Crippen molar-refractivity contribution in [2.75, 3.05) is 13.2 Å². The molecule has 3 aromatic rings. The zero-order valence-electron chi connectivity index (χ0n) is 17.4. The number of carbonyl (C=O) groups excluding carboxylic acids is 1. The van der Waals surface area contributed by atoms with Crippen LogP contribution in [0.25, 0.3) is 0 Å². The van der Waals surface area contributed by atoms with Crippen LogP contribution in [0.15, 0.2) is 83.8 Å². The Morgan fingerprint density at radius 2 is 1.47 bits per heavy atom. The summed E-state index contributed by atoms with van der Waals surface area (Å²) >= 11 is 0. The maximum atomic E-state index is 13.1. The lowest BCUT2D eigenvalue weighted by atomic mass is 10.1. The van der Waals surface area contributed by atoms with Gasteiger partial charge in [0.25, 0.3) is 0 Å². The molecule has 7 nitrogen and oxygen atoms in total. The van der Waals surface area contributed by atoms with Crippen LogP contribution in [0.3, 0.4) is 0 Å². The number of rotatable bonds is 8. The molecule has 0 aliphatic carbocycles. The van der Waals surface area contributed by atoms with E-state index in [1.807, 2.05) is 60.7 Å². The summed E-state index contributed by atoms with van der Waals surface area (Å²) in [7, 11) is -3.99. The van der Waals surface area contributed by atoms with Crippen LogP contribution < -0.4 is 19.5 Å². The van der Waals surface area contributed by atoms with Crippen molar-refractivity contribution in [2.45, 2.75) is 23.9 Å². The Kier molecular flexibility index (Phi) is 6.72. The number of fused-ring (bicyclic) bond motifs is 1. The monoisotopic (exact) mass is 452 g/mol. The van der Waals surface area contributed by atoms with Gasteiger partial charge in [-0.3, -0.25) is 4.79 Å². The Bertz CT molecular complexity index is 1170. The van der Waals surface area contributed by atoms with Crippen molar-refractivity contribution in [3.8, 4) is 11.5 Å². The van der Waals surface area contributed by atoms with E-state index < -0.39 is 22.0 Å². The van der Waals surface area contributed by atoms with Gasteiger partial charge in [0.05, 0.1) is 4.90 Å². The number of benzene rings is 3. The summed E-state index contributed by atoms with van der Waals surface area (Å²) < 4.78 is 39.7. The van der Waals surface area contributed by atoms with Crippen molar-refractivity contribution >= 4 is 15.9 Å². The standard InChI is InChI=1S/C24H24N2O5S/c27-24(25-17-19-9-5-2-6-10-19)21(15-18-7-3-1-4-8-18)26-32(28,29)20-11-12-22-23(16-20)31-14-13-30-22/h1-12,16,21,26H,13-15,17H2,(H,25,27)/t21-/m0/s1. The zero-order chi connectivity index (χ0) is 22.4. The zero-order valence-corrected chi connectivity index (χ0v) is 18.2. The molecule has 1 atom stereocenters. The van der Waals surface area contributed by atoms with Gasteiger partial charge in [-0.05, 0) is 29.7 Å². The number of amides is 1.